The molecule has 0 spiro atoms. The van der Waals surface area contributed by atoms with Crippen LogP contribution in [0.2, 0.25) is 0 Å². The summed E-state index contributed by atoms with van der Waals surface area (Å²) in [6.45, 7) is 12.5. The number of rotatable bonds is 5. The minimum Gasteiger partial charge on any atom is -0.495 e. The van der Waals surface area contributed by atoms with Crippen LogP contribution in [-0.2, 0) is 5.54 Å². The molecule has 1 aliphatic heterocycles. The molecule has 2 aromatic rings. The van der Waals surface area contributed by atoms with Crippen LogP contribution >= 0.6 is 0 Å². The quantitative estimate of drug-likeness (QED) is 0.819. The first-order chi connectivity index (χ1) is 12.5. The van der Waals surface area contributed by atoms with Gasteiger partial charge in [-0.1, -0.05) is 19.1 Å². The lowest BCUT2D eigenvalue weighted by atomic mass is 10.1. The number of anilines is 1. The summed E-state index contributed by atoms with van der Waals surface area (Å²) in [6, 6.07) is 8.47. The number of piperazine rings is 1. The van der Waals surface area contributed by atoms with Crippen LogP contribution in [0.25, 0.3) is 0 Å². The van der Waals surface area contributed by atoms with Crippen molar-refractivity contribution in [2.75, 3.05) is 38.2 Å². The fourth-order valence-electron chi connectivity index (χ4n) is 3.65. The second-order valence-electron chi connectivity index (χ2n) is 7.74. The molecule has 7 heteroatoms. The van der Waals surface area contributed by atoms with E-state index in [0.29, 0.717) is 0 Å². The molecule has 0 amide bonds. The van der Waals surface area contributed by atoms with Crippen LogP contribution in [0.1, 0.15) is 46.0 Å². The SMILES string of the molecule is CC[C@@H](c1nnnn1C(C)(C)C)N1CCN(c2ccccc2OC)CC1. The van der Waals surface area contributed by atoms with Gasteiger partial charge in [-0.05, 0) is 49.8 Å². The monoisotopic (exact) mass is 358 g/mol. The van der Waals surface area contributed by atoms with Gasteiger partial charge >= 0.3 is 0 Å². The van der Waals surface area contributed by atoms with Gasteiger partial charge in [-0.25, -0.2) is 4.68 Å². The van der Waals surface area contributed by atoms with Gasteiger partial charge < -0.3 is 9.64 Å². The number of nitrogens with zero attached hydrogens (tertiary/aromatic N) is 6. The van der Waals surface area contributed by atoms with E-state index in [0.717, 1.165) is 44.2 Å². The maximum atomic E-state index is 5.52. The van der Waals surface area contributed by atoms with E-state index in [4.69, 9.17) is 4.74 Å². The molecule has 0 N–H and O–H groups in total. The van der Waals surface area contributed by atoms with Gasteiger partial charge in [0.2, 0.25) is 0 Å². The van der Waals surface area contributed by atoms with E-state index in [-0.39, 0.29) is 11.6 Å². The molecule has 1 fully saturated rings. The molecule has 1 saturated heterocycles. The lowest BCUT2D eigenvalue weighted by Gasteiger charge is -2.40. The Morgan fingerprint density at radius 2 is 1.81 bits per heavy atom. The maximum absolute atomic E-state index is 5.52. The van der Waals surface area contributed by atoms with Crippen LogP contribution < -0.4 is 9.64 Å². The van der Waals surface area contributed by atoms with Crippen molar-refractivity contribution in [1.29, 1.82) is 0 Å². The van der Waals surface area contributed by atoms with E-state index < -0.39 is 0 Å². The Bertz CT molecular complexity index is 715. The molecule has 2 heterocycles. The average molecular weight is 358 g/mol. The van der Waals surface area contributed by atoms with Gasteiger partial charge in [0.1, 0.15) is 5.75 Å². The van der Waals surface area contributed by atoms with Crippen molar-refractivity contribution < 1.29 is 4.74 Å². The van der Waals surface area contributed by atoms with Crippen LogP contribution in [-0.4, -0.2) is 58.4 Å². The number of ether oxygens (including phenoxy) is 1. The Labute approximate surface area is 155 Å². The summed E-state index contributed by atoms with van der Waals surface area (Å²) in [4.78, 5) is 4.90. The number of tetrazole rings is 1. The van der Waals surface area contributed by atoms with E-state index in [1.165, 1.54) is 5.69 Å². The molecule has 7 nitrogen and oxygen atoms in total. The Hall–Kier alpha value is -2.15. The third-order valence-corrected chi connectivity index (χ3v) is 4.99. The van der Waals surface area contributed by atoms with Crippen LogP contribution in [0.3, 0.4) is 0 Å². The fourth-order valence-corrected chi connectivity index (χ4v) is 3.65. The summed E-state index contributed by atoms with van der Waals surface area (Å²) < 4.78 is 7.49. The molecule has 0 saturated carbocycles. The normalized spacial score (nSPS) is 17.3. The Kier molecular flexibility index (Phi) is 5.46. The molecule has 26 heavy (non-hydrogen) atoms. The zero-order chi connectivity index (χ0) is 18.7. The Morgan fingerprint density at radius 1 is 1.12 bits per heavy atom. The van der Waals surface area contributed by atoms with Crippen LogP contribution in [0.4, 0.5) is 5.69 Å². The molecule has 0 unspecified atom stereocenters. The maximum Gasteiger partial charge on any atom is 0.168 e. The van der Waals surface area contributed by atoms with Gasteiger partial charge in [0.25, 0.3) is 0 Å². The van der Waals surface area contributed by atoms with Crippen molar-refractivity contribution >= 4 is 5.69 Å². The van der Waals surface area contributed by atoms with Gasteiger partial charge in [0, 0.05) is 26.2 Å². The topological polar surface area (TPSA) is 59.3 Å². The second kappa shape index (κ2) is 7.61. The highest BCUT2D eigenvalue weighted by Gasteiger charge is 2.31. The fraction of sp³-hybridized carbons (Fsp3) is 0.632. The zero-order valence-electron chi connectivity index (χ0n) is 16.5. The number of aromatic nitrogens is 4. The molecular weight excluding hydrogens is 328 g/mol. The minimum absolute atomic E-state index is 0.120. The lowest BCUT2D eigenvalue weighted by Crippen LogP contribution is -2.48. The van der Waals surface area contributed by atoms with Crippen molar-refractivity contribution in [3.05, 3.63) is 30.1 Å². The smallest absolute Gasteiger partial charge is 0.168 e. The Morgan fingerprint density at radius 3 is 2.42 bits per heavy atom. The molecule has 1 aromatic heterocycles. The summed E-state index contributed by atoms with van der Waals surface area (Å²) in [7, 11) is 1.73. The summed E-state index contributed by atoms with van der Waals surface area (Å²) in [5.74, 6) is 1.90. The second-order valence-corrected chi connectivity index (χ2v) is 7.74. The first-order valence-corrected chi connectivity index (χ1v) is 9.36. The standard InChI is InChI=1S/C19H30N6O/c1-6-15(18-20-21-22-25(18)19(2,3)4)23-11-13-24(14-12-23)16-9-7-8-10-17(16)26-5/h7-10,15H,6,11-14H2,1-5H3/t15-/m0/s1. The van der Waals surface area contributed by atoms with Crippen molar-refractivity contribution in [2.45, 2.75) is 45.7 Å². The van der Waals surface area contributed by atoms with Gasteiger partial charge in [-0.15, -0.1) is 5.10 Å². The van der Waals surface area contributed by atoms with Crippen molar-refractivity contribution in [1.82, 2.24) is 25.1 Å². The van der Waals surface area contributed by atoms with Crippen molar-refractivity contribution in [3.63, 3.8) is 0 Å². The number of methoxy groups -OCH3 is 1. The van der Waals surface area contributed by atoms with Gasteiger partial charge in [-0.2, -0.15) is 0 Å². The van der Waals surface area contributed by atoms with E-state index >= 15 is 0 Å². The predicted molar refractivity (Wildman–Crippen MR) is 103 cm³/mol. The van der Waals surface area contributed by atoms with Crippen LogP contribution in [0, 0.1) is 0 Å². The molecule has 3 rings (SSSR count). The average Bonchev–Trinajstić information content (AvgIpc) is 3.13. The van der Waals surface area contributed by atoms with E-state index in [9.17, 15) is 0 Å². The van der Waals surface area contributed by atoms with Gasteiger partial charge in [0.05, 0.1) is 24.4 Å². The number of hydrogen-bond donors (Lipinski definition) is 0. The predicted octanol–water partition coefficient (Wildman–Crippen LogP) is 2.71. The first kappa shape index (κ1) is 18.6. The number of hydrogen-bond acceptors (Lipinski definition) is 6. The summed E-state index contributed by atoms with van der Waals surface area (Å²) in [5.41, 5.74) is 1.05. The van der Waals surface area contributed by atoms with Crippen LogP contribution in [0.15, 0.2) is 24.3 Å². The third kappa shape index (κ3) is 3.67. The highest BCUT2D eigenvalue weighted by Crippen LogP contribution is 2.31. The molecule has 0 aliphatic carbocycles. The summed E-state index contributed by atoms with van der Waals surface area (Å²) >= 11 is 0. The van der Waals surface area contributed by atoms with E-state index in [1.807, 2.05) is 16.8 Å². The largest absolute Gasteiger partial charge is 0.495 e. The molecule has 0 radical (unpaired) electrons. The van der Waals surface area contributed by atoms with Crippen molar-refractivity contribution in [2.24, 2.45) is 0 Å². The molecule has 1 atom stereocenters. The van der Waals surface area contributed by atoms with E-state index in [1.54, 1.807) is 7.11 Å². The first-order valence-electron chi connectivity index (χ1n) is 9.36. The lowest BCUT2D eigenvalue weighted by molar-refractivity contribution is 0.161. The zero-order valence-corrected chi connectivity index (χ0v) is 16.5. The highest BCUT2D eigenvalue weighted by molar-refractivity contribution is 5.58. The summed E-state index contributed by atoms with van der Waals surface area (Å²) in [5, 5.41) is 12.5. The Balaban J connectivity index is 1.73. The third-order valence-electron chi connectivity index (χ3n) is 4.99. The molecule has 1 aliphatic rings. The molecular formula is C19H30N6O. The highest BCUT2D eigenvalue weighted by atomic mass is 16.5. The molecule has 0 bridgehead atoms. The van der Waals surface area contributed by atoms with Crippen molar-refractivity contribution in [3.8, 4) is 5.75 Å². The number of para-hydroxylation sites is 2. The molecule has 142 valence electrons. The van der Waals surface area contributed by atoms with Gasteiger partial charge in [0.15, 0.2) is 5.82 Å². The number of benzene rings is 1. The van der Waals surface area contributed by atoms with Gasteiger partial charge in [-0.3, -0.25) is 4.90 Å². The summed E-state index contributed by atoms with van der Waals surface area (Å²) in [6.07, 6.45) is 0.991. The van der Waals surface area contributed by atoms with E-state index in [2.05, 4.69) is 65.2 Å². The minimum atomic E-state index is -0.120. The van der Waals surface area contributed by atoms with Crippen LogP contribution in [0.5, 0.6) is 5.75 Å². The molecule has 1 aromatic carbocycles.